The van der Waals surface area contributed by atoms with E-state index in [9.17, 15) is 0 Å². The van der Waals surface area contributed by atoms with Crippen LogP contribution in [0, 0.1) is 6.92 Å². The first-order chi connectivity index (χ1) is 8.75. The molecule has 0 atom stereocenters. The van der Waals surface area contributed by atoms with Gasteiger partial charge < -0.3 is 5.32 Å². The fraction of sp³-hybridized carbons (Fsp3) is 0.286. The fourth-order valence-corrected chi connectivity index (χ4v) is 3.37. The summed E-state index contributed by atoms with van der Waals surface area (Å²) in [6.07, 6.45) is 0. The summed E-state index contributed by atoms with van der Waals surface area (Å²) >= 11 is 9.52. The molecule has 0 saturated heterocycles. The zero-order chi connectivity index (χ0) is 12.8. The molecular formula is C14H16ClNS2. The SMILES string of the molecule is Cc1ccsc1CNCCSc1ccc(Cl)cc1. The highest BCUT2D eigenvalue weighted by molar-refractivity contribution is 7.99. The van der Waals surface area contributed by atoms with Crippen molar-refractivity contribution in [1.29, 1.82) is 0 Å². The molecule has 96 valence electrons. The van der Waals surface area contributed by atoms with Crippen molar-refractivity contribution >= 4 is 34.7 Å². The molecule has 0 amide bonds. The van der Waals surface area contributed by atoms with Gasteiger partial charge in [0.2, 0.25) is 0 Å². The van der Waals surface area contributed by atoms with Crippen molar-refractivity contribution in [2.24, 2.45) is 0 Å². The third-order valence-corrected chi connectivity index (χ3v) is 4.90. The summed E-state index contributed by atoms with van der Waals surface area (Å²) < 4.78 is 0. The summed E-state index contributed by atoms with van der Waals surface area (Å²) in [5, 5.41) is 6.42. The van der Waals surface area contributed by atoms with Crippen LogP contribution >= 0.6 is 34.7 Å². The first kappa shape index (κ1) is 13.9. The molecule has 0 spiro atoms. The van der Waals surface area contributed by atoms with Gasteiger partial charge in [0.1, 0.15) is 0 Å². The van der Waals surface area contributed by atoms with E-state index < -0.39 is 0 Å². The van der Waals surface area contributed by atoms with E-state index in [1.54, 1.807) is 0 Å². The average molecular weight is 298 g/mol. The van der Waals surface area contributed by atoms with Gasteiger partial charge in [0.05, 0.1) is 0 Å². The Bertz CT molecular complexity index is 479. The summed E-state index contributed by atoms with van der Waals surface area (Å²) in [4.78, 5) is 2.71. The van der Waals surface area contributed by atoms with E-state index in [2.05, 4.69) is 35.8 Å². The molecule has 0 saturated carbocycles. The predicted molar refractivity (Wildman–Crippen MR) is 82.9 cm³/mol. The molecule has 0 unspecified atom stereocenters. The van der Waals surface area contributed by atoms with Gasteiger partial charge in [-0.15, -0.1) is 23.1 Å². The van der Waals surface area contributed by atoms with Gasteiger partial charge in [-0.2, -0.15) is 0 Å². The van der Waals surface area contributed by atoms with Gasteiger partial charge in [0, 0.05) is 33.6 Å². The Balaban J connectivity index is 1.64. The predicted octanol–water partition coefficient (Wildman–Crippen LogP) is 4.59. The number of thiophene rings is 1. The maximum Gasteiger partial charge on any atom is 0.0406 e. The Morgan fingerprint density at radius 1 is 1.22 bits per heavy atom. The molecule has 0 radical (unpaired) electrons. The van der Waals surface area contributed by atoms with Gasteiger partial charge in [0.25, 0.3) is 0 Å². The summed E-state index contributed by atoms with van der Waals surface area (Å²) in [5.74, 6) is 1.08. The quantitative estimate of drug-likeness (QED) is 0.618. The highest BCUT2D eigenvalue weighted by Crippen LogP contribution is 2.20. The minimum absolute atomic E-state index is 0.797. The Morgan fingerprint density at radius 2 is 2.00 bits per heavy atom. The zero-order valence-corrected chi connectivity index (χ0v) is 12.7. The van der Waals surface area contributed by atoms with Crippen molar-refractivity contribution in [2.75, 3.05) is 12.3 Å². The molecule has 0 bridgehead atoms. The molecule has 1 heterocycles. The first-order valence-corrected chi connectivity index (χ1v) is 8.12. The van der Waals surface area contributed by atoms with E-state index in [4.69, 9.17) is 11.6 Å². The van der Waals surface area contributed by atoms with Gasteiger partial charge in [-0.1, -0.05) is 11.6 Å². The van der Waals surface area contributed by atoms with Crippen LogP contribution < -0.4 is 5.32 Å². The minimum Gasteiger partial charge on any atom is -0.311 e. The Labute approximate surface area is 122 Å². The normalized spacial score (nSPS) is 10.8. The molecule has 1 nitrogen and oxygen atoms in total. The number of hydrogen-bond donors (Lipinski definition) is 1. The molecule has 2 rings (SSSR count). The van der Waals surface area contributed by atoms with E-state index in [-0.39, 0.29) is 0 Å². The standard InChI is InChI=1S/C14H16ClNS2/c1-11-6-8-18-14(11)10-16-7-9-17-13-4-2-12(15)3-5-13/h2-6,8,16H,7,9-10H2,1H3. The number of hydrogen-bond acceptors (Lipinski definition) is 3. The lowest BCUT2D eigenvalue weighted by Gasteiger charge is -2.04. The Hall–Kier alpha value is -0.480. The monoisotopic (exact) mass is 297 g/mol. The van der Waals surface area contributed by atoms with Crippen molar-refractivity contribution in [2.45, 2.75) is 18.4 Å². The van der Waals surface area contributed by atoms with Crippen molar-refractivity contribution in [3.8, 4) is 0 Å². The van der Waals surface area contributed by atoms with Crippen LogP contribution in [0.2, 0.25) is 5.02 Å². The van der Waals surface area contributed by atoms with Crippen molar-refractivity contribution in [3.63, 3.8) is 0 Å². The zero-order valence-electron chi connectivity index (χ0n) is 10.3. The molecule has 1 aromatic carbocycles. The van der Waals surface area contributed by atoms with E-state index >= 15 is 0 Å². The molecule has 18 heavy (non-hydrogen) atoms. The van der Waals surface area contributed by atoms with E-state index in [1.165, 1.54) is 15.3 Å². The lowest BCUT2D eigenvalue weighted by atomic mass is 10.3. The lowest BCUT2D eigenvalue weighted by Crippen LogP contribution is -2.16. The molecule has 0 aliphatic carbocycles. The van der Waals surface area contributed by atoms with Crippen LogP contribution in [0.4, 0.5) is 0 Å². The lowest BCUT2D eigenvalue weighted by molar-refractivity contribution is 0.738. The van der Waals surface area contributed by atoms with Crippen molar-refractivity contribution < 1.29 is 0 Å². The second-order valence-electron chi connectivity index (χ2n) is 4.01. The molecule has 0 aliphatic rings. The number of aryl methyl sites for hydroxylation is 1. The number of thioether (sulfide) groups is 1. The van der Waals surface area contributed by atoms with Crippen LogP contribution in [-0.2, 0) is 6.54 Å². The van der Waals surface area contributed by atoms with Crippen LogP contribution in [0.15, 0.2) is 40.6 Å². The first-order valence-electron chi connectivity index (χ1n) is 5.88. The Kier molecular flexibility index (Phi) is 5.57. The van der Waals surface area contributed by atoms with Gasteiger partial charge in [-0.25, -0.2) is 0 Å². The third kappa shape index (κ3) is 4.32. The summed E-state index contributed by atoms with van der Waals surface area (Å²) in [6.45, 7) is 4.16. The van der Waals surface area contributed by atoms with Crippen molar-refractivity contribution in [3.05, 3.63) is 51.2 Å². The molecule has 0 fully saturated rings. The second kappa shape index (κ2) is 7.19. The molecule has 4 heteroatoms. The Morgan fingerprint density at radius 3 is 2.67 bits per heavy atom. The molecule has 1 aromatic heterocycles. The minimum atomic E-state index is 0.797. The van der Waals surface area contributed by atoms with E-state index in [0.29, 0.717) is 0 Å². The van der Waals surface area contributed by atoms with E-state index in [1.807, 2.05) is 35.2 Å². The highest BCUT2D eigenvalue weighted by Gasteiger charge is 1.99. The third-order valence-electron chi connectivity index (χ3n) is 2.61. The number of rotatable bonds is 6. The van der Waals surface area contributed by atoms with Crippen molar-refractivity contribution in [1.82, 2.24) is 5.32 Å². The van der Waals surface area contributed by atoms with Gasteiger partial charge in [0.15, 0.2) is 0 Å². The topological polar surface area (TPSA) is 12.0 Å². The summed E-state index contributed by atoms with van der Waals surface area (Å²) in [6, 6.07) is 10.2. The maximum absolute atomic E-state index is 5.85. The maximum atomic E-state index is 5.85. The second-order valence-corrected chi connectivity index (χ2v) is 6.61. The van der Waals surface area contributed by atoms with Crippen LogP contribution in [-0.4, -0.2) is 12.3 Å². The highest BCUT2D eigenvalue weighted by atomic mass is 35.5. The molecule has 0 aliphatic heterocycles. The summed E-state index contributed by atoms with van der Waals surface area (Å²) in [5.41, 5.74) is 1.39. The largest absolute Gasteiger partial charge is 0.311 e. The average Bonchev–Trinajstić information content (AvgIpc) is 2.77. The van der Waals surface area contributed by atoms with E-state index in [0.717, 1.165) is 23.9 Å². The van der Waals surface area contributed by atoms with Crippen LogP contribution in [0.3, 0.4) is 0 Å². The van der Waals surface area contributed by atoms with Gasteiger partial charge in [-0.3, -0.25) is 0 Å². The number of benzene rings is 1. The molecule has 1 N–H and O–H groups in total. The van der Waals surface area contributed by atoms with Gasteiger partial charge in [-0.05, 0) is 48.2 Å². The molecular weight excluding hydrogens is 282 g/mol. The number of halogens is 1. The fourth-order valence-electron chi connectivity index (χ4n) is 1.56. The van der Waals surface area contributed by atoms with Crippen LogP contribution in [0.25, 0.3) is 0 Å². The number of nitrogens with one attached hydrogen (secondary N) is 1. The summed E-state index contributed by atoms with van der Waals surface area (Å²) in [7, 11) is 0. The smallest absolute Gasteiger partial charge is 0.0406 e. The van der Waals surface area contributed by atoms with Crippen LogP contribution in [0.1, 0.15) is 10.4 Å². The van der Waals surface area contributed by atoms with Gasteiger partial charge >= 0.3 is 0 Å². The van der Waals surface area contributed by atoms with Crippen LogP contribution in [0.5, 0.6) is 0 Å². The molecule has 2 aromatic rings.